The second kappa shape index (κ2) is 21.8. The number of aromatic nitrogens is 6. The molecule has 97 heavy (non-hydrogen) atoms. The molecule has 7 heterocycles. The van der Waals surface area contributed by atoms with Crippen molar-refractivity contribution in [2.24, 2.45) is 0 Å². The summed E-state index contributed by atoms with van der Waals surface area (Å²) in [6, 6.07) is 122. The van der Waals surface area contributed by atoms with E-state index in [9.17, 15) is 0 Å². The van der Waals surface area contributed by atoms with Gasteiger partial charge in [-0.2, -0.15) is 0 Å². The number of fused-ring (bicyclic) bond motifs is 16. The molecule has 0 saturated carbocycles. The predicted molar refractivity (Wildman–Crippen MR) is 403 cm³/mol. The fourth-order valence-electron chi connectivity index (χ4n) is 15.7. The van der Waals surface area contributed by atoms with Crippen molar-refractivity contribution in [1.82, 2.24) is 28.2 Å². The molecule has 0 bridgehead atoms. The fourth-order valence-corrected chi connectivity index (χ4v) is 15.7. The molecule has 6 aromatic heterocycles. The van der Waals surface area contributed by atoms with Crippen LogP contribution in [0.4, 0.5) is 17.1 Å². The minimum absolute atomic E-state index is 0.0331. The lowest BCUT2D eigenvalue weighted by Crippen LogP contribution is -2.51. The van der Waals surface area contributed by atoms with Gasteiger partial charge in [-0.1, -0.05) is 259 Å². The first-order valence-electron chi connectivity index (χ1n) is 33.1. The van der Waals surface area contributed by atoms with Gasteiger partial charge >= 0.3 is 0 Å². The van der Waals surface area contributed by atoms with Crippen LogP contribution in [0, 0.1) is 0 Å². The van der Waals surface area contributed by atoms with E-state index < -0.39 is 0 Å². The molecule has 20 rings (SSSR count). The van der Waals surface area contributed by atoms with E-state index in [1.165, 1.54) is 16.4 Å². The first kappa shape index (κ1) is 54.6. The molecule has 0 aliphatic carbocycles. The molecule has 0 atom stereocenters. The maximum atomic E-state index is 7.60. The normalized spacial score (nSPS) is 12.2. The van der Waals surface area contributed by atoms with E-state index in [1.54, 1.807) is 0 Å². The van der Waals surface area contributed by atoms with Gasteiger partial charge in [-0.05, 0) is 84.9 Å². The minimum Gasteiger partial charge on any atom is -0.453 e. The first-order chi connectivity index (χ1) is 48.1. The summed E-state index contributed by atoms with van der Waals surface area (Å²) < 4.78 is 17.2. The van der Waals surface area contributed by atoms with Crippen LogP contribution in [-0.2, 0) is 0 Å². The van der Waals surface area contributed by atoms with Crippen molar-refractivity contribution in [3.8, 4) is 57.0 Å². The van der Waals surface area contributed by atoms with Crippen molar-refractivity contribution in [2.75, 3.05) is 4.90 Å². The van der Waals surface area contributed by atoms with Crippen molar-refractivity contribution in [2.45, 2.75) is 0 Å². The van der Waals surface area contributed by atoms with E-state index in [4.69, 9.17) is 14.7 Å². The quantitative estimate of drug-likeness (QED) is 0.128. The number of anilines is 3. The second-order valence-electron chi connectivity index (χ2n) is 25.2. The summed E-state index contributed by atoms with van der Waals surface area (Å²) in [6.45, 7) is 0.0331. The number of para-hydroxylation sites is 4. The zero-order valence-electron chi connectivity index (χ0n) is 52.4. The SMILES string of the molecule is c1ccc(B(c2ccccc2)c2ccc(N3c4ccc(-n5c6ccccc6c6ccc7c8ccccc8n(-c8cccc(-c9ccccc9)n8)c7c65)cc4Oc4cc(-n5c6ccccc6c6ccc7c8ccccc8n(-c8cccc(-c9ccccc9)n8)c7c65)ccc43)cc2)cc1. The zero-order valence-corrected chi connectivity index (χ0v) is 52.4. The smallest absolute Gasteiger partial charge is 0.241 e. The summed E-state index contributed by atoms with van der Waals surface area (Å²) in [4.78, 5) is 13.3. The Hall–Kier alpha value is -13.0. The van der Waals surface area contributed by atoms with Gasteiger partial charge in [0.15, 0.2) is 11.5 Å². The van der Waals surface area contributed by atoms with E-state index in [0.29, 0.717) is 0 Å². The summed E-state index contributed by atoms with van der Waals surface area (Å²) in [7, 11) is 0. The van der Waals surface area contributed by atoms with Crippen LogP contribution in [0.5, 0.6) is 11.5 Å². The molecule has 0 fully saturated rings. The Morgan fingerprint density at radius 3 is 0.979 bits per heavy atom. The summed E-state index contributed by atoms with van der Waals surface area (Å²) in [5.41, 5.74) is 21.1. The molecule has 1 aliphatic rings. The molecule has 13 aromatic carbocycles. The van der Waals surface area contributed by atoms with Crippen LogP contribution in [0.2, 0.25) is 0 Å². The molecule has 9 heteroatoms. The molecule has 0 saturated heterocycles. The van der Waals surface area contributed by atoms with Gasteiger partial charge in [0.2, 0.25) is 6.71 Å². The van der Waals surface area contributed by atoms with Crippen LogP contribution in [-0.4, -0.2) is 34.9 Å². The van der Waals surface area contributed by atoms with E-state index in [0.717, 1.165) is 161 Å². The Morgan fingerprint density at radius 1 is 0.247 bits per heavy atom. The van der Waals surface area contributed by atoms with Crippen LogP contribution in [0.3, 0.4) is 0 Å². The molecular formula is C88H56BN7O. The number of hydrogen-bond donors (Lipinski definition) is 0. The summed E-state index contributed by atoms with van der Waals surface area (Å²) in [5, 5.41) is 9.20. The van der Waals surface area contributed by atoms with Gasteiger partial charge in [0, 0.05) is 72.0 Å². The minimum atomic E-state index is 0.0331. The Balaban J connectivity index is 0.814. The van der Waals surface area contributed by atoms with Crippen molar-refractivity contribution < 1.29 is 4.74 Å². The maximum Gasteiger partial charge on any atom is 0.241 e. The number of benzene rings is 13. The average molecular weight is 1240 g/mol. The molecule has 0 spiro atoms. The Bertz CT molecular complexity index is 5990. The molecular weight excluding hydrogens is 1180 g/mol. The molecule has 0 N–H and O–H groups in total. The van der Waals surface area contributed by atoms with Crippen LogP contribution < -0.4 is 26.0 Å². The number of rotatable bonds is 10. The third kappa shape index (κ3) is 8.51. The van der Waals surface area contributed by atoms with Gasteiger partial charge in [0.25, 0.3) is 0 Å². The molecule has 19 aromatic rings. The van der Waals surface area contributed by atoms with Crippen molar-refractivity contribution in [3.63, 3.8) is 0 Å². The number of hydrogen-bond acceptors (Lipinski definition) is 4. The highest BCUT2D eigenvalue weighted by Crippen LogP contribution is 2.53. The van der Waals surface area contributed by atoms with E-state index in [1.807, 2.05) is 0 Å². The zero-order chi connectivity index (χ0) is 63.7. The highest BCUT2D eigenvalue weighted by Gasteiger charge is 2.31. The third-order valence-corrected chi connectivity index (χ3v) is 19.9. The topological polar surface area (TPSA) is 58.0 Å². The van der Waals surface area contributed by atoms with E-state index >= 15 is 0 Å². The lowest BCUT2D eigenvalue weighted by atomic mass is 9.37. The van der Waals surface area contributed by atoms with Gasteiger partial charge in [0.05, 0.1) is 78.3 Å². The van der Waals surface area contributed by atoms with Gasteiger partial charge in [-0.25, -0.2) is 9.97 Å². The standard InChI is InChI=1S/C88H56BN7O/c1-5-23-57(24-6-1)73-35-21-41-83(90-73)95-77-39-19-15-33-67(77)71-51-49-69-65-31-13-17-37-75(65)93(85(69)87(71)95)63-47-53-79-81(55-63)97-82-56-64(48-54-80(82)92(79)62-45-43-61(44-46-62)89(59-27-9-3-10-28-59)60-29-11-4-12-30-60)94-76-38-18-14-32-66(76)70-50-52-72-68-34-16-20-40-78(68)96(88(72)86(70)94)84-42-22-36-74(91-84)58-25-7-2-8-26-58/h1-56H. The van der Waals surface area contributed by atoms with E-state index in [-0.39, 0.29) is 6.71 Å². The molecule has 8 nitrogen and oxygen atoms in total. The highest BCUT2D eigenvalue weighted by atomic mass is 16.5. The van der Waals surface area contributed by atoms with Crippen LogP contribution in [0.1, 0.15) is 0 Å². The number of nitrogens with zero attached hydrogens (tertiary/aromatic N) is 7. The maximum absolute atomic E-state index is 7.60. The van der Waals surface area contributed by atoms with Crippen molar-refractivity contribution in [1.29, 1.82) is 0 Å². The van der Waals surface area contributed by atoms with E-state index in [2.05, 4.69) is 363 Å². The first-order valence-corrected chi connectivity index (χ1v) is 33.1. The fraction of sp³-hybridized carbons (Fsp3) is 0. The predicted octanol–water partition coefficient (Wildman–Crippen LogP) is 20.3. The lowest BCUT2D eigenvalue weighted by molar-refractivity contribution is 0.476. The Morgan fingerprint density at radius 2 is 0.577 bits per heavy atom. The van der Waals surface area contributed by atoms with Gasteiger partial charge in [-0.3, -0.25) is 9.13 Å². The average Bonchev–Trinajstić information content (AvgIpc) is 1.60. The van der Waals surface area contributed by atoms with Crippen LogP contribution in [0.25, 0.3) is 133 Å². The molecule has 452 valence electrons. The highest BCUT2D eigenvalue weighted by molar-refractivity contribution is 6.95. The Kier molecular flexibility index (Phi) is 12.3. The third-order valence-electron chi connectivity index (χ3n) is 19.9. The van der Waals surface area contributed by atoms with Crippen LogP contribution >= 0.6 is 0 Å². The van der Waals surface area contributed by atoms with Gasteiger partial charge < -0.3 is 18.8 Å². The summed E-state index contributed by atoms with van der Waals surface area (Å²) in [5.74, 6) is 3.14. The lowest BCUT2D eigenvalue weighted by Gasteiger charge is -2.34. The summed E-state index contributed by atoms with van der Waals surface area (Å²) >= 11 is 0. The van der Waals surface area contributed by atoms with Crippen molar-refractivity contribution in [3.05, 3.63) is 340 Å². The largest absolute Gasteiger partial charge is 0.453 e. The second-order valence-corrected chi connectivity index (χ2v) is 25.2. The van der Waals surface area contributed by atoms with Gasteiger partial charge in [0.1, 0.15) is 11.6 Å². The molecule has 1 aliphatic heterocycles. The summed E-state index contributed by atoms with van der Waals surface area (Å²) in [6.07, 6.45) is 0. The van der Waals surface area contributed by atoms with Crippen LogP contribution in [0.15, 0.2) is 340 Å². The Labute approximate surface area is 558 Å². The molecule has 0 unspecified atom stereocenters. The molecule has 0 radical (unpaired) electrons. The van der Waals surface area contributed by atoms with Gasteiger partial charge in [-0.15, -0.1) is 0 Å². The number of pyridine rings is 2. The number of ether oxygens (including phenoxy) is 1. The molecule has 0 amide bonds. The van der Waals surface area contributed by atoms with Crippen molar-refractivity contribution >= 4 is 127 Å². The monoisotopic (exact) mass is 1240 g/mol.